The van der Waals surface area contributed by atoms with E-state index in [1.165, 1.54) is 24.1 Å². The Balaban J connectivity index is 1.57. The molecule has 0 unspecified atom stereocenters. The number of guanidine groups is 1. The van der Waals surface area contributed by atoms with Crippen molar-refractivity contribution in [2.24, 2.45) is 4.99 Å². The van der Waals surface area contributed by atoms with Crippen molar-refractivity contribution in [2.45, 2.75) is 25.3 Å². The summed E-state index contributed by atoms with van der Waals surface area (Å²) in [4.78, 5) is 9.18. The summed E-state index contributed by atoms with van der Waals surface area (Å²) in [5, 5.41) is 3.50. The Morgan fingerprint density at radius 2 is 2.20 bits per heavy atom. The quantitative estimate of drug-likeness (QED) is 0.669. The molecular formula is C16H24N4. The number of hydrogen-bond donors (Lipinski definition) is 1. The number of nitrogens with one attached hydrogen (secondary N) is 1. The predicted octanol–water partition coefficient (Wildman–Crippen LogP) is 1.72. The molecule has 108 valence electrons. The first-order valence-electron chi connectivity index (χ1n) is 7.56. The van der Waals surface area contributed by atoms with Gasteiger partial charge in [0.1, 0.15) is 0 Å². The smallest absolute Gasteiger partial charge is 0.198 e. The van der Waals surface area contributed by atoms with Crippen molar-refractivity contribution >= 4 is 11.6 Å². The molecule has 1 saturated carbocycles. The van der Waals surface area contributed by atoms with E-state index in [0.717, 1.165) is 38.1 Å². The zero-order valence-corrected chi connectivity index (χ0v) is 12.5. The number of aliphatic imine (C=N–C) groups is 1. The fourth-order valence-corrected chi connectivity index (χ4v) is 2.90. The normalized spacial score (nSPS) is 18.6. The molecule has 0 spiro atoms. The summed E-state index contributed by atoms with van der Waals surface area (Å²) in [7, 11) is 4.08. The van der Waals surface area contributed by atoms with Gasteiger partial charge in [0.15, 0.2) is 5.96 Å². The van der Waals surface area contributed by atoms with Crippen LogP contribution in [0.25, 0.3) is 0 Å². The first-order chi connectivity index (χ1) is 9.79. The van der Waals surface area contributed by atoms with E-state index in [4.69, 9.17) is 0 Å². The Kier molecular flexibility index (Phi) is 3.92. The summed E-state index contributed by atoms with van der Waals surface area (Å²) < 4.78 is 0. The standard InChI is InChI=1S/C16H24N4/c1-17-16(18-10-12-19(2)14-7-8-14)20-11-9-13-5-3-4-6-15(13)20/h3-6,14H,7-12H2,1-2H3,(H,17,18). The molecular weight excluding hydrogens is 248 g/mol. The average Bonchev–Trinajstić information content (AvgIpc) is 3.24. The van der Waals surface area contributed by atoms with Crippen LogP contribution in [-0.4, -0.2) is 50.6 Å². The van der Waals surface area contributed by atoms with Crippen LogP contribution >= 0.6 is 0 Å². The second-order valence-corrected chi connectivity index (χ2v) is 5.72. The molecule has 0 amide bonds. The number of para-hydroxylation sites is 1. The van der Waals surface area contributed by atoms with Gasteiger partial charge in [0.25, 0.3) is 0 Å². The van der Waals surface area contributed by atoms with E-state index >= 15 is 0 Å². The zero-order valence-electron chi connectivity index (χ0n) is 12.5. The lowest BCUT2D eigenvalue weighted by atomic mass is 10.2. The van der Waals surface area contributed by atoms with E-state index in [1.54, 1.807) is 0 Å². The van der Waals surface area contributed by atoms with Crippen LogP contribution in [0.2, 0.25) is 0 Å². The molecule has 0 aromatic heterocycles. The molecule has 2 aliphatic rings. The lowest BCUT2D eigenvalue weighted by molar-refractivity contribution is 0.328. The lowest BCUT2D eigenvalue weighted by Crippen LogP contribution is -2.43. The van der Waals surface area contributed by atoms with Crippen molar-refractivity contribution in [3.05, 3.63) is 29.8 Å². The molecule has 0 radical (unpaired) electrons. The molecule has 0 bridgehead atoms. The molecule has 1 aromatic carbocycles. The summed E-state index contributed by atoms with van der Waals surface area (Å²) in [5.74, 6) is 0.999. The fourth-order valence-electron chi connectivity index (χ4n) is 2.90. The van der Waals surface area contributed by atoms with Gasteiger partial charge >= 0.3 is 0 Å². The molecule has 20 heavy (non-hydrogen) atoms. The summed E-state index contributed by atoms with van der Waals surface area (Å²) in [6.07, 6.45) is 3.84. The second-order valence-electron chi connectivity index (χ2n) is 5.72. The molecule has 0 saturated heterocycles. The Morgan fingerprint density at radius 3 is 2.95 bits per heavy atom. The highest BCUT2D eigenvalue weighted by atomic mass is 15.3. The van der Waals surface area contributed by atoms with Crippen LogP contribution in [0.5, 0.6) is 0 Å². The van der Waals surface area contributed by atoms with E-state index in [1.807, 2.05) is 7.05 Å². The van der Waals surface area contributed by atoms with E-state index in [0.29, 0.717) is 0 Å². The van der Waals surface area contributed by atoms with Crippen LogP contribution in [0.1, 0.15) is 18.4 Å². The van der Waals surface area contributed by atoms with Gasteiger partial charge in [-0.1, -0.05) is 18.2 Å². The highest BCUT2D eigenvalue weighted by Gasteiger charge is 2.26. The van der Waals surface area contributed by atoms with Gasteiger partial charge in [-0.15, -0.1) is 0 Å². The van der Waals surface area contributed by atoms with Gasteiger partial charge in [-0.2, -0.15) is 0 Å². The third-order valence-electron chi connectivity index (χ3n) is 4.27. The maximum Gasteiger partial charge on any atom is 0.198 e. The fraction of sp³-hybridized carbons (Fsp3) is 0.562. The monoisotopic (exact) mass is 272 g/mol. The van der Waals surface area contributed by atoms with Crippen molar-refractivity contribution in [3.63, 3.8) is 0 Å². The van der Waals surface area contributed by atoms with Crippen LogP contribution < -0.4 is 10.2 Å². The molecule has 1 heterocycles. The van der Waals surface area contributed by atoms with Crippen molar-refractivity contribution in [3.8, 4) is 0 Å². The molecule has 1 aromatic rings. The van der Waals surface area contributed by atoms with Gasteiger partial charge in [0, 0.05) is 38.4 Å². The minimum absolute atomic E-state index is 0.825. The Bertz CT molecular complexity index is 493. The average molecular weight is 272 g/mol. The van der Waals surface area contributed by atoms with Gasteiger partial charge in [0.2, 0.25) is 0 Å². The minimum Gasteiger partial charge on any atom is -0.355 e. The second kappa shape index (κ2) is 5.83. The molecule has 4 nitrogen and oxygen atoms in total. The summed E-state index contributed by atoms with van der Waals surface area (Å²) in [6.45, 7) is 3.06. The first-order valence-corrected chi connectivity index (χ1v) is 7.56. The van der Waals surface area contributed by atoms with Crippen molar-refractivity contribution < 1.29 is 0 Å². The number of anilines is 1. The molecule has 1 fully saturated rings. The summed E-state index contributed by atoms with van der Waals surface area (Å²) in [5.41, 5.74) is 2.72. The van der Waals surface area contributed by atoms with Crippen LogP contribution in [0.4, 0.5) is 5.69 Å². The van der Waals surface area contributed by atoms with Crippen LogP contribution in [-0.2, 0) is 6.42 Å². The highest BCUT2D eigenvalue weighted by Crippen LogP contribution is 2.27. The van der Waals surface area contributed by atoms with Crippen LogP contribution in [0.15, 0.2) is 29.3 Å². The van der Waals surface area contributed by atoms with E-state index in [2.05, 4.69) is 51.4 Å². The maximum atomic E-state index is 4.44. The minimum atomic E-state index is 0.825. The summed E-state index contributed by atoms with van der Waals surface area (Å²) >= 11 is 0. The topological polar surface area (TPSA) is 30.9 Å². The number of fused-ring (bicyclic) bond motifs is 1. The van der Waals surface area contributed by atoms with Crippen molar-refractivity contribution in [2.75, 3.05) is 38.6 Å². The number of nitrogens with zero attached hydrogens (tertiary/aromatic N) is 3. The number of benzene rings is 1. The van der Waals surface area contributed by atoms with Gasteiger partial charge in [0.05, 0.1) is 0 Å². The number of rotatable bonds is 4. The van der Waals surface area contributed by atoms with Gasteiger partial charge < -0.3 is 15.1 Å². The lowest BCUT2D eigenvalue weighted by Gasteiger charge is -2.23. The molecule has 1 N–H and O–H groups in total. The third-order valence-corrected chi connectivity index (χ3v) is 4.27. The summed E-state index contributed by atoms with van der Waals surface area (Å²) in [6, 6.07) is 9.44. The largest absolute Gasteiger partial charge is 0.355 e. The third kappa shape index (κ3) is 2.80. The predicted molar refractivity (Wildman–Crippen MR) is 84.5 cm³/mol. The van der Waals surface area contributed by atoms with E-state index < -0.39 is 0 Å². The van der Waals surface area contributed by atoms with E-state index in [9.17, 15) is 0 Å². The highest BCUT2D eigenvalue weighted by molar-refractivity contribution is 5.97. The number of hydrogen-bond acceptors (Lipinski definition) is 2. The molecule has 1 aliphatic carbocycles. The van der Waals surface area contributed by atoms with Crippen LogP contribution in [0.3, 0.4) is 0 Å². The van der Waals surface area contributed by atoms with Crippen molar-refractivity contribution in [1.82, 2.24) is 10.2 Å². The maximum absolute atomic E-state index is 4.44. The van der Waals surface area contributed by atoms with Gasteiger partial charge in [-0.05, 0) is 37.9 Å². The Morgan fingerprint density at radius 1 is 1.40 bits per heavy atom. The van der Waals surface area contributed by atoms with Crippen LogP contribution in [0, 0.1) is 0 Å². The van der Waals surface area contributed by atoms with Gasteiger partial charge in [-0.3, -0.25) is 4.99 Å². The molecule has 1 aliphatic heterocycles. The Labute approximate surface area is 121 Å². The zero-order chi connectivity index (χ0) is 13.9. The van der Waals surface area contributed by atoms with E-state index in [-0.39, 0.29) is 0 Å². The van der Waals surface area contributed by atoms with Gasteiger partial charge in [-0.25, -0.2) is 0 Å². The Hall–Kier alpha value is -1.55. The molecule has 3 rings (SSSR count). The number of likely N-dealkylation sites (N-methyl/N-ethyl adjacent to an activating group) is 1. The molecule has 4 heteroatoms. The first kappa shape index (κ1) is 13.4. The molecule has 0 atom stereocenters. The van der Waals surface area contributed by atoms with Crippen molar-refractivity contribution in [1.29, 1.82) is 0 Å². The SMILES string of the molecule is CN=C(NCCN(C)C1CC1)N1CCc2ccccc21.